The van der Waals surface area contributed by atoms with E-state index in [4.69, 9.17) is 25.8 Å². The molecule has 0 bridgehead atoms. The van der Waals surface area contributed by atoms with Gasteiger partial charge in [0.15, 0.2) is 11.5 Å². The minimum absolute atomic E-state index is 0.0431. The van der Waals surface area contributed by atoms with Gasteiger partial charge in [-0.1, -0.05) is 11.6 Å². The van der Waals surface area contributed by atoms with Crippen LogP contribution >= 0.6 is 11.6 Å². The van der Waals surface area contributed by atoms with Crippen molar-refractivity contribution in [1.29, 1.82) is 0 Å². The minimum Gasteiger partial charge on any atom is -0.494 e. The van der Waals surface area contributed by atoms with Gasteiger partial charge in [0, 0.05) is 5.02 Å². The maximum absolute atomic E-state index is 13.5. The summed E-state index contributed by atoms with van der Waals surface area (Å²) in [6.07, 6.45) is 0.407. The Kier molecular flexibility index (Phi) is 10.1. The molecule has 0 heterocycles. The molecule has 0 saturated heterocycles. The number of nitrogens with one attached hydrogen (secondary N) is 1. The number of hydrogen-bond donors (Lipinski definition) is 1. The maximum atomic E-state index is 13.5. The normalized spacial score (nSPS) is 11.1. The van der Waals surface area contributed by atoms with Gasteiger partial charge in [0.1, 0.15) is 12.3 Å². The highest BCUT2D eigenvalue weighted by molar-refractivity contribution is 7.92. The molecule has 13 heteroatoms. The minimum atomic E-state index is -4.14. The van der Waals surface area contributed by atoms with Crippen LogP contribution < -0.4 is 23.9 Å². The van der Waals surface area contributed by atoms with E-state index in [1.807, 2.05) is 6.92 Å². The van der Waals surface area contributed by atoms with Crippen molar-refractivity contribution in [2.24, 2.45) is 5.10 Å². The number of ether oxygens (including phenoxy) is 4. The van der Waals surface area contributed by atoms with Crippen LogP contribution in [0, 0.1) is 0 Å². The third kappa shape index (κ3) is 7.85. The first-order valence-corrected chi connectivity index (χ1v) is 13.3. The second kappa shape index (κ2) is 13.5. The fourth-order valence-electron chi connectivity index (χ4n) is 3.25. The lowest BCUT2D eigenvalue weighted by Gasteiger charge is -2.24. The molecular formula is C26H26ClN3O8S. The molecule has 0 fully saturated rings. The second-order valence-electron chi connectivity index (χ2n) is 7.65. The zero-order valence-electron chi connectivity index (χ0n) is 21.3. The van der Waals surface area contributed by atoms with Crippen LogP contribution in [0.25, 0.3) is 0 Å². The van der Waals surface area contributed by atoms with Gasteiger partial charge in [0.2, 0.25) is 0 Å². The number of nitrogens with zero attached hydrogens (tertiary/aromatic N) is 2. The molecule has 0 aliphatic carbocycles. The summed E-state index contributed by atoms with van der Waals surface area (Å²) < 4.78 is 48.0. The summed E-state index contributed by atoms with van der Waals surface area (Å²) >= 11 is 5.92. The number of amides is 1. The molecule has 11 nitrogen and oxygen atoms in total. The Morgan fingerprint density at radius 1 is 1.00 bits per heavy atom. The molecule has 3 aromatic carbocycles. The van der Waals surface area contributed by atoms with Gasteiger partial charge in [0.25, 0.3) is 15.9 Å². The molecule has 3 aromatic rings. The maximum Gasteiger partial charge on any atom is 0.513 e. The number of carbonyl (C=O) groups is 2. The predicted molar refractivity (Wildman–Crippen MR) is 145 cm³/mol. The number of rotatable bonds is 11. The third-order valence-electron chi connectivity index (χ3n) is 5.08. The molecule has 0 aliphatic rings. The monoisotopic (exact) mass is 575 g/mol. The Morgan fingerprint density at radius 2 is 1.69 bits per heavy atom. The van der Waals surface area contributed by atoms with E-state index < -0.39 is 28.6 Å². The van der Waals surface area contributed by atoms with E-state index in [1.54, 1.807) is 30.3 Å². The van der Waals surface area contributed by atoms with Crippen molar-refractivity contribution in [2.45, 2.75) is 11.8 Å². The topological polar surface area (TPSA) is 133 Å². The van der Waals surface area contributed by atoms with Crippen LogP contribution in [0.15, 0.2) is 76.7 Å². The lowest BCUT2D eigenvalue weighted by atomic mass is 10.2. The standard InChI is InChI=1S/C26H26ClN3O8S/c1-4-37-21-10-8-20(9-11-21)30(39(33,34)22-12-6-19(27)7-13-22)17-25(31)29-28-16-18-5-14-23(24(15-18)35-2)38-26(32)36-3/h5-16H,4,17H2,1-3H3,(H,29,31). The Balaban J connectivity index is 1.79. The van der Waals surface area contributed by atoms with E-state index >= 15 is 0 Å². The number of methoxy groups -OCH3 is 2. The molecule has 39 heavy (non-hydrogen) atoms. The first-order valence-electron chi connectivity index (χ1n) is 11.4. The fraction of sp³-hybridized carbons (Fsp3) is 0.192. The third-order valence-corrected chi connectivity index (χ3v) is 7.12. The molecule has 0 radical (unpaired) electrons. The average molecular weight is 576 g/mol. The van der Waals surface area contributed by atoms with Crippen LogP contribution in [0.2, 0.25) is 5.02 Å². The molecule has 0 saturated carbocycles. The van der Waals surface area contributed by atoms with Crippen molar-refractivity contribution in [1.82, 2.24) is 5.43 Å². The molecule has 3 rings (SSSR count). The van der Waals surface area contributed by atoms with E-state index in [0.29, 0.717) is 22.9 Å². The molecule has 206 valence electrons. The molecule has 0 unspecified atom stereocenters. The van der Waals surface area contributed by atoms with Gasteiger partial charge in [-0.3, -0.25) is 9.10 Å². The Morgan fingerprint density at radius 3 is 2.31 bits per heavy atom. The van der Waals surface area contributed by atoms with Gasteiger partial charge in [-0.15, -0.1) is 0 Å². The Hall–Kier alpha value is -4.29. The summed E-state index contributed by atoms with van der Waals surface area (Å²) in [4.78, 5) is 24.1. The van der Waals surface area contributed by atoms with E-state index in [-0.39, 0.29) is 22.1 Å². The SMILES string of the molecule is CCOc1ccc(N(CC(=O)NN=Cc2ccc(OC(=O)OC)c(OC)c2)S(=O)(=O)c2ccc(Cl)cc2)cc1. The first-order chi connectivity index (χ1) is 18.7. The summed E-state index contributed by atoms with van der Waals surface area (Å²) in [5.41, 5.74) is 3.07. The number of anilines is 1. The van der Waals surface area contributed by atoms with Crippen molar-refractivity contribution in [3.05, 3.63) is 77.3 Å². The van der Waals surface area contributed by atoms with Crippen LogP contribution in [0.5, 0.6) is 17.2 Å². The summed E-state index contributed by atoms with van der Waals surface area (Å²) in [7, 11) is -1.58. The largest absolute Gasteiger partial charge is 0.513 e. The van der Waals surface area contributed by atoms with E-state index in [0.717, 1.165) is 4.31 Å². The van der Waals surface area contributed by atoms with Gasteiger partial charge in [-0.2, -0.15) is 5.10 Å². The highest BCUT2D eigenvalue weighted by Gasteiger charge is 2.27. The molecule has 1 N–H and O–H groups in total. The number of sulfonamides is 1. The van der Waals surface area contributed by atoms with Crippen LogP contribution in [-0.4, -0.2) is 54.1 Å². The highest BCUT2D eigenvalue weighted by Crippen LogP contribution is 2.28. The zero-order valence-corrected chi connectivity index (χ0v) is 22.9. The van der Waals surface area contributed by atoms with Gasteiger partial charge < -0.3 is 18.9 Å². The van der Waals surface area contributed by atoms with Gasteiger partial charge in [-0.05, 0) is 79.2 Å². The second-order valence-corrected chi connectivity index (χ2v) is 9.95. The lowest BCUT2D eigenvalue weighted by Crippen LogP contribution is -2.39. The van der Waals surface area contributed by atoms with Crippen molar-refractivity contribution >= 4 is 45.6 Å². The van der Waals surface area contributed by atoms with Gasteiger partial charge >= 0.3 is 6.16 Å². The van der Waals surface area contributed by atoms with Crippen LogP contribution in [0.4, 0.5) is 10.5 Å². The molecule has 1 amide bonds. The number of hydrogen-bond acceptors (Lipinski definition) is 9. The molecule has 0 aromatic heterocycles. The van der Waals surface area contributed by atoms with Crippen LogP contribution in [-0.2, 0) is 19.6 Å². The number of benzene rings is 3. The molecule has 0 atom stereocenters. The van der Waals surface area contributed by atoms with E-state index in [2.05, 4.69) is 15.3 Å². The van der Waals surface area contributed by atoms with E-state index in [1.165, 1.54) is 56.8 Å². The summed E-state index contributed by atoms with van der Waals surface area (Å²) in [5, 5.41) is 4.27. The zero-order chi connectivity index (χ0) is 28.4. The van der Waals surface area contributed by atoms with Crippen molar-refractivity contribution in [3.63, 3.8) is 0 Å². The number of carbonyl (C=O) groups excluding carboxylic acids is 2. The quantitative estimate of drug-likeness (QED) is 0.155. The molecular weight excluding hydrogens is 550 g/mol. The van der Waals surface area contributed by atoms with Crippen molar-refractivity contribution < 1.29 is 37.0 Å². The Bertz CT molecular complexity index is 1430. The predicted octanol–water partition coefficient (Wildman–Crippen LogP) is 4.24. The van der Waals surface area contributed by atoms with Crippen molar-refractivity contribution in [3.8, 4) is 17.2 Å². The van der Waals surface area contributed by atoms with Crippen LogP contribution in [0.1, 0.15) is 12.5 Å². The fourth-order valence-corrected chi connectivity index (χ4v) is 4.80. The summed E-state index contributed by atoms with van der Waals surface area (Å²) in [6, 6.07) is 16.5. The lowest BCUT2D eigenvalue weighted by molar-refractivity contribution is -0.119. The first kappa shape index (κ1) is 29.3. The highest BCUT2D eigenvalue weighted by atomic mass is 35.5. The summed E-state index contributed by atoms with van der Waals surface area (Å²) in [6.45, 7) is 1.71. The number of halogens is 1. The Labute approximate surface area is 230 Å². The summed E-state index contributed by atoms with van der Waals surface area (Å²) in [5.74, 6) is 0.211. The van der Waals surface area contributed by atoms with Crippen LogP contribution in [0.3, 0.4) is 0 Å². The van der Waals surface area contributed by atoms with Gasteiger partial charge in [-0.25, -0.2) is 18.6 Å². The number of hydrazone groups is 1. The van der Waals surface area contributed by atoms with Gasteiger partial charge in [0.05, 0.1) is 37.6 Å². The smallest absolute Gasteiger partial charge is 0.494 e. The van der Waals surface area contributed by atoms with Crippen molar-refractivity contribution in [2.75, 3.05) is 31.7 Å². The average Bonchev–Trinajstić information content (AvgIpc) is 2.93. The molecule has 0 aliphatic heterocycles. The van der Waals surface area contributed by atoms with E-state index in [9.17, 15) is 18.0 Å². The molecule has 0 spiro atoms.